The van der Waals surface area contributed by atoms with Gasteiger partial charge in [0, 0.05) is 29.7 Å². The highest BCUT2D eigenvalue weighted by atomic mass is 35.5. The molecule has 4 nitrogen and oxygen atoms in total. The number of hydrogen-bond donors (Lipinski definition) is 1. The summed E-state index contributed by atoms with van der Waals surface area (Å²) in [6.07, 6.45) is 1.69. The lowest BCUT2D eigenvalue weighted by Crippen LogP contribution is -2.29. The van der Waals surface area contributed by atoms with Gasteiger partial charge in [0.25, 0.3) is 0 Å². The van der Waals surface area contributed by atoms with Crippen LogP contribution in [-0.2, 0) is 12.8 Å². The average Bonchev–Trinajstić information content (AvgIpc) is 2.95. The molecule has 1 unspecified atom stereocenters. The number of methoxy groups -OCH3 is 1. The fraction of sp³-hybridized carbons (Fsp3) is 0.381. The van der Waals surface area contributed by atoms with Crippen LogP contribution in [0.3, 0.4) is 0 Å². The summed E-state index contributed by atoms with van der Waals surface area (Å²) in [5, 5.41) is 0. The van der Waals surface area contributed by atoms with Crippen LogP contribution in [0.5, 0.6) is 11.5 Å². The molecule has 0 saturated carbocycles. The highest BCUT2D eigenvalue weighted by molar-refractivity contribution is 6.16. The maximum atomic E-state index is 6.22. The molecule has 2 N–H and O–H groups in total. The van der Waals surface area contributed by atoms with Crippen LogP contribution in [0.15, 0.2) is 41.4 Å². The van der Waals surface area contributed by atoms with E-state index < -0.39 is 0 Å². The zero-order valence-corrected chi connectivity index (χ0v) is 17.5. The number of aliphatic imine (C=N–C) groups is 1. The zero-order chi connectivity index (χ0) is 17.6. The SMILES string of the molecule is COc1cc2c(c3c1OC(C)(C)C3)C(c1ccccc1)=NC(CN)C2.Cl.Cl. The van der Waals surface area contributed by atoms with E-state index in [9.17, 15) is 0 Å². The fourth-order valence-corrected chi connectivity index (χ4v) is 3.88. The molecule has 0 aliphatic carbocycles. The molecular formula is C21H26Cl2N2O2. The summed E-state index contributed by atoms with van der Waals surface area (Å²) in [5.74, 6) is 1.67. The van der Waals surface area contributed by atoms with Gasteiger partial charge in [-0.25, -0.2) is 0 Å². The Morgan fingerprint density at radius 1 is 1.22 bits per heavy atom. The Kier molecular flexibility index (Phi) is 6.46. The quantitative estimate of drug-likeness (QED) is 0.835. The van der Waals surface area contributed by atoms with Crippen molar-refractivity contribution in [3.05, 3.63) is 58.7 Å². The Balaban J connectivity index is 0.00000131. The molecule has 0 bridgehead atoms. The standard InChI is InChI=1S/C21H24N2O2.2ClH/c1-21(2)11-16-18-14(10-17(24-3)20(16)25-21)9-15(12-22)23-19(18)13-7-5-4-6-8-13;;/h4-8,10,15H,9,11-12,22H2,1-3H3;2*1H. The van der Waals surface area contributed by atoms with Crippen molar-refractivity contribution in [3.63, 3.8) is 0 Å². The number of ether oxygens (including phenoxy) is 2. The van der Waals surface area contributed by atoms with Crippen molar-refractivity contribution < 1.29 is 9.47 Å². The number of nitrogens with zero attached hydrogens (tertiary/aromatic N) is 1. The first-order chi connectivity index (χ1) is 12.0. The summed E-state index contributed by atoms with van der Waals surface area (Å²) in [5.41, 5.74) is 11.5. The molecule has 2 aromatic rings. The highest BCUT2D eigenvalue weighted by Gasteiger charge is 2.38. The molecule has 6 heteroatoms. The third kappa shape index (κ3) is 3.79. The Labute approximate surface area is 173 Å². The molecule has 0 spiro atoms. The minimum atomic E-state index is -0.239. The topological polar surface area (TPSA) is 56.8 Å². The van der Waals surface area contributed by atoms with Crippen LogP contribution >= 0.6 is 24.8 Å². The normalized spacial score (nSPS) is 18.8. The largest absolute Gasteiger partial charge is 0.493 e. The van der Waals surface area contributed by atoms with Crippen molar-refractivity contribution in [2.24, 2.45) is 10.7 Å². The molecule has 2 aromatic carbocycles. The van der Waals surface area contributed by atoms with Gasteiger partial charge < -0.3 is 15.2 Å². The van der Waals surface area contributed by atoms with Crippen LogP contribution in [0.1, 0.15) is 36.1 Å². The van der Waals surface area contributed by atoms with E-state index in [0.717, 1.165) is 35.6 Å². The number of fused-ring (bicyclic) bond motifs is 3. The lowest BCUT2D eigenvalue weighted by molar-refractivity contribution is 0.134. The third-order valence-electron chi connectivity index (χ3n) is 4.95. The molecule has 4 rings (SSSR count). The van der Waals surface area contributed by atoms with Crippen molar-refractivity contribution in [3.8, 4) is 11.5 Å². The van der Waals surface area contributed by atoms with Gasteiger partial charge >= 0.3 is 0 Å². The van der Waals surface area contributed by atoms with E-state index in [0.29, 0.717) is 6.54 Å². The van der Waals surface area contributed by atoms with Crippen LogP contribution in [0.2, 0.25) is 0 Å². The molecule has 2 heterocycles. The van der Waals surface area contributed by atoms with Crippen LogP contribution in [0, 0.1) is 0 Å². The smallest absolute Gasteiger partial charge is 0.166 e. The lowest BCUT2D eigenvalue weighted by Gasteiger charge is -2.25. The van der Waals surface area contributed by atoms with E-state index in [2.05, 4.69) is 32.0 Å². The van der Waals surface area contributed by atoms with Crippen molar-refractivity contribution in [2.75, 3.05) is 13.7 Å². The second-order valence-electron chi connectivity index (χ2n) is 7.40. The van der Waals surface area contributed by atoms with Crippen LogP contribution < -0.4 is 15.2 Å². The van der Waals surface area contributed by atoms with Crippen molar-refractivity contribution in [2.45, 2.75) is 38.3 Å². The summed E-state index contributed by atoms with van der Waals surface area (Å²) in [6, 6.07) is 12.6. The molecule has 2 aliphatic heterocycles. The summed E-state index contributed by atoms with van der Waals surface area (Å²) in [7, 11) is 1.70. The predicted molar refractivity (Wildman–Crippen MR) is 115 cm³/mol. The van der Waals surface area contributed by atoms with E-state index in [1.54, 1.807) is 7.11 Å². The first-order valence-electron chi connectivity index (χ1n) is 8.78. The van der Waals surface area contributed by atoms with Gasteiger partial charge in [0.2, 0.25) is 0 Å². The van der Waals surface area contributed by atoms with E-state index in [-0.39, 0.29) is 36.5 Å². The average molecular weight is 409 g/mol. The third-order valence-corrected chi connectivity index (χ3v) is 4.95. The Morgan fingerprint density at radius 3 is 2.56 bits per heavy atom. The number of benzene rings is 2. The Bertz CT molecular complexity index is 851. The molecule has 0 amide bonds. The van der Waals surface area contributed by atoms with Gasteiger partial charge in [-0.3, -0.25) is 4.99 Å². The Morgan fingerprint density at radius 2 is 1.93 bits per heavy atom. The van der Waals surface area contributed by atoms with Gasteiger partial charge in [0.1, 0.15) is 5.60 Å². The van der Waals surface area contributed by atoms with E-state index in [4.69, 9.17) is 20.2 Å². The minimum Gasteiger partial charge on any atom is -0.493 e. The summed E-state index contributed by atoms with van der Waals surface area (Å²) >= 11 is 0. The maximum absolute atomic E-state index is 6.22. The van der Waals surface area contributed by atoms with Gasteiger partial charge in [-0.05, 0) is 31.9 Å². The first kappa shape index (κ1) is 21.5. The van der Waals surface area contributed by atoms with Gasteiger partial charge in [0.05, 0.1) is 18.9 Å². The van der Waals surface area contributed by atoms with Gasteiger partial charge in [-0.2, -0.15) is 0 Å². The van der Waals surface area contributed by atoms with E-state index in [1.165, 1.54) is 16.7 Å². The predicted octanol–water partition coefficient (Wildman–Crippen LogP) is 3.97. The second kappa shape index (κ2) is 8.09. The molecule has 0 aromatic heterocycles. The second-order valence-corrected chi connectivity index (χ2v) is 7.40. The molecule has 0 saturated heterocycles. The minimum absolute atomic E-state index is 0. The summed E-state index contributed by atoms with van der Waals surface area (Å²) < 4.78 is 11.8. The van der Waals surface area contributed by atoms with Gasteiger partial charge in [-0.1, -0.05) is 30.3 Å². The van der Waals surface area contributed by atoms with Crippen molar-refractivity contribution in [1.82, 2.24) is 0 Å². The Hall–Kier alpha value is -1.75. The summed E-state index contributed by atoms with van der Waals surface area (Å²) in [4.78, 5) is 4.99. The van der Waals surface area contributed by atoms with Crippen molar-refractivity contribution in [1.29, 1.82) is 0 Å². The summed E-state index contributed by atoms with van der Waals surface area (Å²) in [6.45, 7) is 4.77. The molecule has 1 atom stereocenters. The molecule has 0 fully saturated rings. The molecule has 146 valence electrons. The molecule has 27 heavy (non-hydrogen) atoms. The number of nitrogens with two attached hydrogens (primary N) is 1. The first-order valence-corrected chi connectivity index (χ1v) is 8.78. The van der Waals surface area contributed by atoms with Crippen molar-refractivity contribution >= 4 is 30.5 Å². The van der Waals surface area contributed by atoms with E-state index in [1.807, 2.05) is 18.2 Å². The van der Waals surface area contributed by atoms with Crippen LogP contribution in [0.4, 0.5) is 0 Å². The number of hydrogen-bond acceptors (Lipinski definition) is 4. The fourth-order valence-electron chi connectivity index (χ4n) is 3.88. The van der Waals surface area contributed by atoms with Crippen LogP contribution in [-0.4, -0.2) is 31.0 Å². The highest BCUT2D eigenvalue weighted by Crippen LogP contribution is 2.46. The van der Waals surface area contributed by atoms with Gasteiger partial charge in [0.15, 0.2) is 11.5 Å². The monoisotopic (exact) mass is 408 g/mol. The number of halogens is 2. The lowest BCUT2D eigenvalue weighted by atomic mass is 9.84. The molecule has 2 aliphatic rings. The zero-order valence-electron chi connectivity index (χ0n) is 15.8. The number of rotatable bonds is 3. The molecular weight excluding hydrogens is 383 g/mol. The van der Waals surface area contributed by atoms with E-state index >= 15 is 0 Å². The molecule has 0 radical (unpaired) electrons. The van der Waals surface area contributed by atoms with Gasteiger partial charge in [-0.15, -0.1) is 24.8 Å². The maximum Gasteiger partial charge on any atom is 0.166 e. The van der Waals surface area contributed by atoms with Crippen LogP contribution in [0.25, 0.3) is 0 Å².